The number of aromatic amines is 1. The Bertz CT molecular complexity index is 758. The largest absolute Gasteiger partial charge is 0.465 e. The van der Waals surface area contributed by atoms with Gasteiger partial charge < -0.3 is 9.72 Å². The molecule has 0 amide bonds. The van der Waals surface area contributed by atoms with Gasteiger partial charge in [0.1, 0.15) is 0 Å². The van der Waals surface area contributed by atoms with Gasteiger partial charge in [-0.05, 0) is 18.1 Å². The number of esters is 1. The highest BCUT2D eigenvalue weighted by molar-refractivity contribution is 5.90. The molecule has 6 nitrogen and oxygen atoms in total. The van der Waals surface area contributed by atoms with Gasteiger partial charge in [-0.15, -0.1) is 0 Å². The third-order valence-electron chi connectivity index (χ3n) is 3.35. The van der Waals surface area contributed by atoms with Gasteiger partial charge in [-0.25, -0.2) is 9.59 Å². The van der Waals surface area contributed by atoms with Gasteiger partial charge in [-0.2, -0.15) is 0 Å². The summed E-state index contributed by atoms with van der Waals surface area (Å²) in [7, 11) is 1.29. The molecule has 0 aliphatic rings. The number of methoxy groups -OCH3 is 1. The summed E-state index contributed by atoms with van der Waals surface area (Å²) < 4.78 is 5.78. The van der Waals surface area contributed by atoms with E-state index in [4.69, 9.17) is 4.74 Å². The smallest absolute Gasteiger partial charge is 0.338 e. The second-order valence-electron chi connectivity index (χ2n) is 4.92. The summed E-state index contributed by atoms with van der Waals surface area (Å²) in [5, 5.41) is 0. The number of carbonyl (C=O) groups is 1. The van der Waals surface area contributed by atoms with Gasteiger partial charge in [-0.1, -0.05) is 31.5 Å². The number of ether oxygens (including phenoxy) is 1. The Labute approximate surface area is 127 Å². The first-order valence-corrected chi connectivity index (χ1v) is 7.06. The van der Waals surface area contributed by atoms with Crippen LogP contribution in [-0.4, -0.2) is 22.6 Å². The highest BCUT2D eigenvalue weighted by Gasteiger charge is 2.13. The van der Waals surface area contributed by atoms with Crippen LogP contribution >= 0.6 is 0 Å². The summed E-state index contributed by atoms with van der Waals surface area (Å²) in [5.74, 6) is -0.498. The number of carbonyl (C=O) groups excluding carboxylic acids is 1. The zero-order valence-corrected chi connectivity index (χ0v) is 12.6. The number of benzene rings is 1. The Morgan fingerprint density at radius 3 is 2.64 bits per heavy atom. The molecule has 1 aromatic heterocycles. The zero-order chi connectivity index (χ0) is 16.1. The maximum Gasteiger partial charge on any atom is 0.338 e. The van der Waals surface area contributed by atoms with E-state index < -0.39 is 11.7 Å². The lowest BCUT2D eigenvalue weighted by Gasteiger charge is -2.09. The molecule has 0 unspecified atom stereocenters. The molecule has 1 N–H and O–H groups in total. The number of nitrogens with zero attached hydrogens (tertiary/aromatic N) is 1. The molecule has 0 atom stereocenters. The molecule has 0 radical (unpaired) electrons. The second kappa shape index (κ2) is 6.89. The van der Waals surface area contributed by atoms with E-state index in [-0.39, 0.29) is 12.1 Å². The molecule has 2 rings (SSSR count). The fourth-order valence-electron chi connectivity index (χ4n) is 2.26. The Morgan fingerprint density at radius 2 is 2.00 bits per heavy atom. The van der Waals surface area contributed by atoms with Gasteiger partial charge in [0.2, 0.25) is 0 Å². The SMILES string of the molecule is CCCc1cc(=O)n(Cc2ccccc2C(=O)OC)c(=O)[nH]1. The third kappa shape index (κ3) is 3.33. The van der Waals surface area contributed by atoms with Crippen molar-refractivity contribution in [1.82, 2.24) is 9.55 Å². The van der Waals surface area contributed by atoms with Crippen molar-refractivity contribution in [2.75, 3.05) is 7.11 Å². The quantitative estimate of drug-likeness (QED) is 0.845. The molecular formula is C16H18N2O4. The topological polar surface area (TPSA) is 81.2 Å². The van der Waals surface area contributed by atoms with E-state index in [2.05, 4.69) is 4.98 Å². The summed E-state index contributed by atoms with van der Waals surface area (Å²) in [6.07, 6.45) is 1.48. The summed E-state index contributed by atoms with van der Waals surface area (Å²) in [6.45, 7) is 1.99. The van der Waals surface area contributed by atoms with E-state index in [9.17, 15) is 14.4 Å². The number of aryl methyl sites for hydroxylation is 1. The van der Waals surface area contributed by atoms with Crippen LogP contribution < -0.4 is 11.2 Å². The fourth-order valence-corrected chi connectivity index (χ4v) is 2.26. The van der Waals surface area contributed by atoms with Crippen molar-refractivity contribution in [2.24, 2.45) is 0 Å². The molecule has 0 spiro atoms. The van der Waals surface area contributed by atoms with Crippen LogP contribution in [0.4, 0.5) is 0 Å². The Hall–Kier alpha value is -2.63. The molecule has 0 fully saturated rings. The van der Waals surface area contributed by atoms with Crippen LogP contribution in [0, 0.1) is 0 Å². The normalized spacial score (nSPS) is 10.5. The number of hydrogen-bond acceptors (Lipinski definition) is 4. The number of aromatic nitrogens is 2. The van der Waals surface area contributed by atoms with Gasteiger partial charge in [0.05, 0.1) is 19.2 Å². The van der Waals surface area contributed by atoms with Crippen molar-refractivity contribution in [3.63, 3.8) is 0 Å². The molecule has 0 aliphatic heterocycles. The van der Waals surface area contributed by atoms with Gasteiger partial charge in [0, 0.05) is 11.8 Å². The average molecular weight is 302 g/mol. The van der Waals surface area contributed by atoms with Crippen molar-refractivity contribution >= 4 is 5.97 Å². The van der Waals surface area contributed by atoms with Gasteiger partial charge in [0.25, 0.3) is 5.56 Å². The summed E-state index contributed by atoms with van der Waals surface area (Å²) in [5.41, 5.74) is 0.664. The first-order valence-electron chi connectivity index (χ1n) is 7.06. The average Bonchev–Trinajstić information content (AvgIpc) is 2.51. The van der Waals surface area contributed by atoms with Gasteiger partial charge >= 0.3 is 11.7 Å². The standard InChI is InChI=1S/C16H18N2O4/c1-3-6-12-9-14(19)18(16(21)17-12)10-11-7-4-5-8-13(11)15(20)22-2/h4-5,7-9H,3,6,10H2,1-2H3,(H,17,21). The molecule has 0 aliphatic carbocycles. The molecule has 0 saturated heterocycles. The van der Waals surface area contributed by atoms with Gasteiger partial charge in [-0.3, -0.25) is 9.36 Å². The molecular weight excluding hydrogens is 284 g/mol. The van der Waals surface area contributed by atoms with E-state index in [1.54, 1.807) is 24.3 Å². The highest BCUT2D eigenvalue weighted by Crippen LogP contribution is 2.10. The van der Waals surface area contributed by atoms with Crippen molar-refractivity contribution in [2.45, 2.75) is 26.3 Å². The van der Waals surface area contributed by atoms with Crippen LogP contribution in [0.1, 0.15) is 35.0 Å². The summed E-state index contributed by atoms with van der Waals surface area (Å²) in [6, 6.07) is 8.16. The van der Waals surface area contributed by atoms with Crippen molar-refractivity contribution < 1.29 is 9.53 Å². The van der Waals surface area contributed by atoms with Gasteiger partial charge in [0.15, 0.2) is 0 Å². The maximum absolute atomic E-state index is 12.1. The van der Waals surface area contributed by atoms with E-state index in [1.165, 1.54) is 13.2 Å². The Balaban J connectivity index is 2.42. The number of H-pyrrole nitrogens is 1. The van der Waals surface area contributed by atoms with Crippen molar-refractivity contribution in [3.05, 3.63) is 68.0 Å². The molecule has 1 aromatic carbocycles. The zero-order valence-electron chi connectivity index (χ0n) is 12.6. The van der Waals surface area contributed by atoms with Crippen molar-refractivity contribution in [1.29, 1.82) is 0 Å². The molecule has 1 heterocycles. The molecule has 6 heteroatoms. The molecule has 116 valence electrons. The molecule has 0 bridgehead atoms. The highest BCUT2D eigenvalue weighted by atomic mass is 16.5. The first-order chi connectivity index (χ1) is 10.6. The fraction of sp³-hybridized carbons (Fsp3) is 0.312. The maximum atomic E-state index is 12.1. The first kappa shape index (κ1) is 15.8. The lowest BCUT2D eigenvalue weighted by atomic mass is 10.1. The Morgan fingerprint density at radius 1 is 1.27 bits per heavy atom. The van der Waals surface area contributed by atoms with Crippen LogP contribution in [0.25, 0.3) is 0 Å². The second-order valence-corrected chi connectivity index (χ2v) is 4.92. The number of nitrogens with one attached hydrogen (secondary N) is 1. The van der Waals surface area contributed by atoms with Crippen LogP contribution in [0.15, 0.2) is 39.9 Å². The number of hydrogen-bond donors (Lipinski definition) is 1. The monoisotopic (exact) mass is 302 g/mol. The lowest BCUT2D eigenvalue weighted by molar-refractivity contribution is 0.0599. The van der Waals surface area contributed by atoms with E-state index in [0.29, 0.717) is 23.2 Å². The van der Waals surface area contributed by atoms with Crippen LogP contribution in [0.2, 0.25) is 0 Å². The minimum absolute atomic E-state index is 0.0197. The molecule has 2 aromatic rings. The van der Waals surface area contributed by atoms with E-state index >= 15 is 0 Å². The van der Waals surface area contributed by atoms with Crippen LogP contribution in [0.3, 0.4) is 0 Å². The predicted molar refractivity (Wildman–Crippen MR) is 82.2 cm³/mol. The van der Waals surface area contributed by atoms with E-state index in [0.717, 1.165) is 11.0 Å². The molecule has 0 saturated carbocycles. The number of rotatable bonds is 5. The van der Waals surface area contributed by atoms with Crippen LogP contribution in [0.5, 0.6) is 0 Å². The molecule has 22 heavy (non-hydrogen) atoms. The Kier molecular flexibility index (Phi) is 4.93. The predicted octanol–water partition coefficient (Wildman–Crippen LogP) is 1.32. The van der Waals surface area contributed by atoms with E-state index in [1.807, 2.05) is 6.92 Å². The summed E-state index contributed by atoms with van der Waals surface area (Å²) >= 11 is 0. The summed E-state index contributed by atoms with van der Waals surface area (Å²) in [4.78, 5) is 38.6. The minimum atomic E-state index is -0.498. The lowest BCUT2D eigenvalue weighted by Crippen LogP contribution is -2.36. The van der Waals surface area contributed by atoms with Crippen LogP contribution in [-0.2, 0) is 17.7 Å². The van der Waals surface area contributed by atoms with Crippen molar-refractivity contribution in [3.8, 4) is 0 Å². The minimum Gasteiger partial charge on any atom is -0.465 e. The third-order valence-corrected chi connectivity index (χ3v) is 3.35.